The summed E-state index contributed by atoms with van der Waals surface area (Å²) >= 11 is 0. The maximum Gasteiger partial charge on any atom is 0.573 e. The number of nitrogens with two attached hydrogens (primary N) is 1. The Labute approximate surface area is 173 Å². The summed E-state index contributed by atoms with van der Waals surface area (Å²) in [6.45, 7) is 1.26. The summed E-state index contributed by atoms with van der Waals surface area (Å²) in [5.41, 5.74) is 6.54. The minimum Gasteiger partial charge on any atom is -0.406 e. The first-order chi connectivity index (χ1) is 14.2. The highest BCUT2D eigenvalue weighted by Crippen LogP contribution is 2.28. The highest BCUT2D eigenvalue weighted by molar-refractivity contribution is 5.90. The molecule has 6 nitrogen and oxygen atoms in total. The molecule has 9 heteroatoms. The van der Waals surface area contributed by atoms with Crippen molar-refractivity contribution in [3.8, 4) is 5.75 Å². The molecule has 2 atom stereocenters. The molecule has 3 rings (SSSR count). The van der Waals surface area contributed by atoms with E-state index >= 15 is 0 Å². The minimum absolute atomic E-state index is 0.0531. The zero-order chi connectivity index (χ0) is 21.7. The van der Waals surface area contributed by atoms with Crippen molar-refractivity contribution in [2.75, 3.05) is 18.4 Å². The van der Waals surface area contributed by atoms with Crippen LogP contribution in [0, 0.1) is 11.8 Å². The lowest BCUT2D eigenvalue weighted by molar-refractivity contribution is -0.274. The predicted molar refractivity (Wildman–Crippen MR) is 106 cm³/mol. The fraction of sp³-hybridized carbons (Fsp3) is 0.619. The number of carbonyl (C=O) groups is 2. The lowest BCUT2D eigenvalue weighted by atomic mass is 9.83. The molecule has 1 heterocycles. The predicted octanol–water partition coefficient (Wildman–Crippen LogP) is 3.67. The largest absolute Gasteiger partial charge is 0.573 e. The van der Waals surface area contributed by atoms with Crippen LogP contribution in [0.3, 0.4) is 0 Å². The second-order valence-electron chi connectivity index (χ2n) is 8.15. The van der Waals surface area contributed by atoms with E-state index in [2.05, 4.69) is 10.1 Å². The molecular formula is C21H28F3N3O3. The Balaban J connectivity index is 1.42. The maximum absolute atomic E-state index is 12.7. The van der Waals surface area contributed by atoms with Crippen molar-refractivity contribution in [2.24, 2.45) is 17.6 Å². The fourth-order valence-corrected chi connectivity index (χ4v) is 4.27. The Morgan fingerprint density at radius 2 is 1.70 bits per heavy atom. The van der Waals surface area contributed by atoms with Crippen LogP contribution in [-0.4, -0.2) is 42.2 Å². The first kappa shape index (κ1) is 22.4. The van der Waals surface area contributed by atoms with Crippen molar-refractivity contribution in [1.82, 2.24) is 4.90 Å². The number of benzene rings is 1. The summed E-state index contributed by atoms with van der Waals surface area (Å²) in [6.07, 6.45) is 0.948. The summed E-state index contributed by atoms with van der Waals surface area (Å²) < 4.78 is 40.4. The Kier molecular flexibility index (Phi) is 7.23. The third-order valence-electron chi connectivity index (χ3n) is 5.91. The number of rotatable bonds is 5. The second kappa shape index (κ2) is 9.68. The number of nitrogens with zero attached hydrogens (tertiary/aromatic N) is 1. The van der Waals surface area contributed by atoms with Crippen molar-refractivity contribution in [1.29, 1.82) is 0 Å². The molecule has 30 heavy (non-hydrogen) atoms. The summed E-state index contributed by atoms with van der Waals surface area (Å²) in [5.74, 6) is -0.301. The van der Waals surface area contributed by atoms with E-state index in [1.54, 1.807) is 0 Å². The van der Waals surface area contributed by atoms with E-state index in [9.17, 15) is 22.8 Å². The maximum atomic E-state index is 12.7. The van der Waals surface area contributed by atoms with Crippen LogP contribution in [0.2, 0.25) is 0 Å². The van der Waals surface area contributed by atoms with Gasteiger partial charge in [0.1, 0.15) is 5.75 Å². The number of halogens is 3. The highest BCUT2D eigenvalue weighted by atomic mass is 19.4. The number of ether oxygens (including phenoxy) is 1. The molecule has 0 unspecified atom stereocenters. The van der Waals surface area contributed by atoms with E-state index in [1.807, 2.05) is 4.90 Å². The molecule has 0 aromatic heterocycles. The van der Waals surface area contributed by atoms with Gasteiger partial charge in [-0.25, -0.2) is 0 Å². The van der Waals surface area contributed by atoms with Crippen LogP contribution in [0.1, 0.15) is 44.9 Å². The topological polar surface area (TPSA) is 84.7 Å². The number of hydrogen-bond acceptors (Lipinski definition) is 4. The van der Waals surface area contributed by atoms with Gasteiger partial charge < -0.3 is 20.7 Å². The van der Waals surface area contributed by atoms with Crippen molar-refractivity contribution in [3.63, 3.8) is 0 Å². The zero-order valence-corrected chi connectivity index (χ0v) is 16.8. The van der Waals surface area contributed by atoms with Crippen molar-refractivity contribution in [2.45, 2.75) is 57.3 Å². The zero-order valence-electron chi connectivity index (χ0n) is 16.8. The fourth-order valence-electron chi connectivity index (χ4n) is 4.27. The number of nitrogens with one attached hydrogen (secondary N) is 1. The SMILES string of the molecule is N[C@@H]1CCCC[C@H]1C(=O)N1CCC(CC(=O)Nc2ccc(OC(F)(F)F)cc2)CC1. The standard InChI is InChI=1S/C21H28F3N3O3/c22-21(23,24)30-16-7-5-15(6-8-16)26-19(28)13-14-9-11-27(12-10-14)20(29)17-3-1-2-4-18(17)25/h5-8,14,17-18H,1-4,9-13,25H2,(H,26,28)/t17-,18-/m1/s1. The molecule has 2 aliphatic rings. The van der Waals surface area contributed by atoms with E-state index in [0.29, 0.717) is 25.2 Å². The molecule has 3 N–H and O–H groups in total. The molecule has 1 aliphatic heterocycles. The summed E-state index contributed by atoms with van der Waals surface area (Å²) in [6, 6.07) is 5.00. The molecule has 0 spiro atoms. The number of alkyl halides is 3. The normalized spacial score (nSPS) is 23.1. The summed E-state index contributed by atoms with van der Waals surface area (Å²) in [4.78, 5) is 26.9. The van der Waals surface area contributed by atoms with E-state index < -0.39 is 6.36 Å². The molecule has 2 fully saturated rings. The van der Waals surface area contributed by atoms with Gasteiger partial charge in [-0.15, -0.1) is 13.2 Å². The molecule has 2 amide bonds. The van der Waals surface area contributed by atoms with Crippen molar-refractivity contribution in [3.05, 3.63) is 24.3 Å². The van der Waals surface area contributed by atoms with Gasteiger partial charge in [-0.2, -0.15) is 0 Å². The molecule has 166 valence electrons. The van der Waals surface area contributed by atoms with E-state index in [-0.39, 0.29) is 35.4 Å². The van der Waals surface area contributed by atoms with Crippen molar-refractivity contribution < 1.29 is 27.5 Å². The first-order valence-electron chi connectivity index (χ1n) is 10.4. The molecule has 1 aromatic carbocycles. The average Bonchev–Trinajstić information content (AvgIpc) is 2.69. The van der Waals surface area contributed by atoms with Crippen molar-refractivity contribution >= 4 is 17.5 Å². The summed E-state index contributed by atoms with van der Waals surface area (Å²) in [7, 11) is 0. The van der Waals surface area contributed by atoms with Crippen LogP contribution in [-0.2, 0) is 9.59 Å². The van der Waals surface area contributed by atoms with Gasteiger partial charge in [0.2, 0.25) is 11.8 Å². The third kappa shape index (κ3) is 6.35. The monoisotopic (exact) mass is 427 g/mol. The van der Waals surface area contributed by atoms with E-state index in [0.717, 1.165) is 50.7 Å². The quantitative estimate of drug-likeness (QED) is 0.751. The highest BCUT2D eigenvalue weighted by Gasteiger charge is 2.34. The van der Waals surface area contributed by atoms with Crippen LogP contribution >= 0.6 is 0 Å². The van der Waals surface area contributed by atoms with Gasteiger partial charge in [-0.3, -0.25) is 9.59 Å². The third-order valence-corrected chi connectivity index (χ3v) is 5.91. The minimum atomic E-state index is -4.75. The Morgan fingerprint density at radius 3 is 2.30 bits per heavy atom. The molecule has 1 saturated heterocycles. The number of anilines is 1. The molecule has 0 bridgehead atoms. The smallest absolute Gasteiger partial charge is 0.406 e. The first-order valence-corrected chi connectivity index (χ1v) is 10.4. The lowest BCUT2D eigenvalue weighted by Gasteiger charge is -2.37. The Bertz CT molecular complexity index is 731. The Hall–Kier alpha value is -2.29. The molecule has 1 aromatic rings. The molecule has 1 saturated carbocycles. The number of likely N-dealkylation sites (tertiary alicyclic amines) is 1. The van der Waals surface area contributed by atoms with Crippen LogP contribution in [0.25, 0.3) is 0 Å². The van der Waals surface area contributed by atoms with E-state index in [1.165, 1.54) is 12.1 Å². The van der Waals surface area contributed by atoms with Crippen LogP contribution in [0.5, 0.6) is 5.75 Å². The number of hydrogen-bond donors (Lipinski definition) is 2. The number of amides is 2. The van der Waals surface area contributed by atoms with Crippen LogP contribution in [0.4, 0.5) is 18.9 Å². The molecule has 0 radical (unpaired) electrons. The van der Waals surface area contributed by atoms with Crippen LogP contribution < -0.4 is 15.8 Å². The summed E-state index contributed by atoms with van der Waals surface area (Å²) in [5, 5.41) is 2.70. The number of carbonyl (C=O) groups excluding carboxylic acids is 2. The second-order valence-corrected chi connectivity index (χ2v) is 8.15. The average molecular weight is 427 g/mol. The van der Waals surface area contributed by atoms with Gasteiger partial charge in [0.15, 0.2) is 0 Å². The van der Waals surface area contributed by atoms with Crippen LogP contribution in [0.15, 0.2) is 24.3 Å². The van der Waals surface area contributed by atoms with Gasteiger partial charge in [0.05, 0.1) is 5.92 Å². The van der Waals surface area contributed by atoms with E-state index in [4.69, 9.17) is 5.73 Å². The molecular weight excluding hydrogens is 399 g/mol. The Morgan fingerprint density at radius 1 is 1.07 bits per heavy atom. The van der Waals surface area contributed by atoms with Gasteiger partial charge in [0, 0.05) is 31.2 Å². The van der Waals surface area contributed by atoms with Gasteiger partial charge in [0.25, 0.3) is 0 Å². The molecule has 1 aliphatic carbocycles. The van der Waals surface area contributed by atoms with Gasteiger partial charge in [-0.1, -0.05) is 12.8 Å². The van der Waals surface area contributed by atoms with Gasteiger partial charge in [-0.05, 0) is 55.9 Å². The number of piperidine rings is 1. The van der Waals surface area contributed by atoms with Gasteiger partial charge >= 0.3 is 6.36 Å². The lowest BCUT2D eigenvalue weighted by Crippen LogP contribution is -2.48.